The maximum atomic E-state index is 13.5. The van der Waals surface area contributed by atoms with E-state index in [1.165, 1.54) is 24.3 Å². The number of nitrogen functional groups attached to an aromatic ring is 1. The van der Waals surface area contributed by atoms with Crippen molar-refractivity contribution in [3.8, 4) is 0 Å². The predicted octanol–water partition coefficient (Wildman–Crippen LogP) is 3.42. The summed E-state index contributed by atoms with van der Waals surface area (Å²) in [5.74, 6) is -1.06. The van der Waals surface area contributed by atoms with Crippen molar-refractivity contribution in [2.75, 3.05) is 5.73 Å². The van der Waals surface area contributed by atoms with Crippen LogP contribution in [0.1, 0.15) is 15.9 Å². The number of rotatable bonds is 3. The Labute approximate surface area is 114 Å². The minimum atomic E-state index is -0.554. The Morgan fingerprint density at radius 2 is 2.05 bits per heavy atom. The molecule has 0 saturated heterocycles. The van der Waals surface area contributed by atoms with Crippen LogP contribution >= 0.6 is 11.6 Å². The Morgan fingerprint density at radius 3 is 2.74 bits per heavy atom. The first-order valence-electron chi connectivity index (χ1n) is 5.53. The van der Waals surface area contributed by atoms with E-state index in [0.717, 1.165) is 0 Å². The van der Waals surface area contributed by atoms with Gasteiger partial charge in [-0.25, -0.2) is 9.18 Å². The van der Waals surface area contributed by atoms with Crippen LogP contribution in [-0.4, -0.2) is 5.97 Å². The topological polar surface area (TPSA) is 52.3 Å². The van der Waals surface area contributed by atoms with Gasteiger partial charge in [-0.15, -0.1) is 0 Å². The van der Waals surface area contributed by atoms with Crippen molar-refractivity contribution in [3.05, 3.63) is 64.4 Å². The van der Waals surface area contributed by atoms with Crippen LogP contribution in [0, 0.1) is 5.82 Å². The number of hydrogen-bond acceptors (Lipinski definition) is 3. The number of anilines is 1. The molecule has 0 bridgehead atoms. The highest BCUT2D eigenvalue weighted by molar-refractivity contribution is 6.30. The maximum Gasteiger partial charge on any atom is 0.338 e. The molecule has 2 N–H and O–H groups in total. The summed E-state index contributed by atoms with van der Waals surface area (Å²) in [6.45, 7) is -0.156. The summed E-state index contributed by atoms with van der Waals surface area (Å²) in [4.78, 5) is 11.7. The fraction of sp³-hybridized carbons (Fsp3) is 0.0714. The standard InChI is InChI=1S/C14H11ClFNO2/c15-11-5-4-10(13(16)7-11)8-19-14(18)9-2-1-3-12(17)6-9/h1-7H,8,17H2. The van der Waals surface area contributed by atoms with E-state index in [1.54, 1.807) is 18.2 Å². The van der Waals surface area contributed by atoms with Crippen LogP contribution in [0.4, 0.5) is 10.1 Å². The van der Waals surface area contributed by atoms with E-state index in [9.17, 15) is 9.18 Å². The molecule has 0 amide bonds. The number of ether oxygens (including phenoxy) is 1. The van der Waals surface area contributed by atoms with Gasteiger partial charge < -0.3 is 10.5 Å². The van der Waals surface area contributed by atoms with Gasteiger partial charge in [0.05, 0.1) is 5.56 Å². The first-order valence-corrected chi connectivity index (χ1v) is 5.90. The second-order valence-corrected chi connectivity index (χ2v) is 4.37. The third kappa shape index (κ3) is 3.45. The summed E-state index contributed by atoms with van der Waals surface area (Å²) in [7, 11) is 0. The van der Waals surface area contributed by atoms with Gasteiger partial charge in [0.25, 0.3) is 0 Å². The normalized spacial score (nSPS) is 10.2. The van der Waals surface area contributed by atoms with Gasteiger partial charge in [0.15, 0.2) is 0 Å². The quantitative estimate of drug-likeness (QED) is 0.692. The molecule has 0 aliphatic heterocycles. The molecule has 5 heteroatoms. The SMILES string of the molecule is Nc1cccc(C(=O)OCc2ccc(Cl)cc2F)c1. The molecular formula is C14H11ClFNO2. The summed E-state index contributed by atoms with van der Waals surface area (Å²) in [6.07, 6.45) is 0. The van der Waals surface area contributed by atoms with Crippen molar-refractivity contribution in [2.45, 2.75) is 6.61 Å². The number of carbonyl (C=O) groups excluding carboxylic acids is 1. The van der Waals surface area contributed by atoms with Crippen molar-refractivity contribution in [2.24, 2.45) is 0 Å². The van der Waals surface area contributed by atoms with Crippen molar-refractivity contribution in [1.29, 1.82) is 0 Å². The number of hydrogen-bond donors (Lipinski definition) is 1. The average Bonchev–Trinajstić information content (AvgIpc) is 2.37. The molecule has 2 rings (SSSR count). The molecule has 0 heterocycles. The van der Waals surface area contributed by atoms with Gasteiger partial charge in [0, 0.05) is 16.3 Å². The summed E-state index contributed by atoms with van der Waals surface area (Å²) in [6, 6.07) is 10.6. The van der Waals surface area contributed by atoms with Crippen molar-refractivity contribution in [3.63, 3.8) is 0 Å². The zero-order chi connectivity index (χ0) is 13.8. The van der Waals surface area contributed by atoms with Crippen molar-refractivity contribution >= 4 is 23.3 Å². The number of halogens is 2. The van der Waals surface area contributed by atoms with Gasteiger partial charge in [-0.2, -0.15) is 0 Å². The Kier molecular flexibility index (Phi) is 4.02. The molecule has 0 aromatic heterocycles. The molecule has 98 valence electrons. The van der Waals surface area contributed by atoms with Crippen LogP contribution in [0.25, 0.3) is 0 Å². The Balaban J connectivity index is 2.04. The van der Waals surface area contributed by atoms with Crippen LogP contribution in [-0.2, 0) is 11.3 Å². The van der Waals surface area contributed by atoms with Gasteiger partial charge in [0.2, 0.25) is 0 Å². The molecule has 0 aliphatic carbocycles. The van der Waals surface area contributed by atoms with E-state index < -0.39 is 11.8 Å². The van der Waals surface area contributed by atoms with Crippen molar-refractivity contribution in [1.82, 2.24) is 0 Å². The van der Waals surface area contributed by atoms with Crippen LogP contribution in [0.2, 0.25) is 5.02 Å². The Hall–Kier alpha value is -2.07. The molecule has 0 fully saturated rings. The van der Waals surface area contributed by atoms with Crippen LogP contribution < -0.4 is 5.73 Å². The highest BCUT2D eigenvalue weighted by Crippen LogP contribution is 2.16. The van der Waals surface area contributed by atoms with Crippen molar-refractivity contribution < 1.29 is 13.9 Å². The monoisotopic (exact) mass is 279 g/mol. The molecule has 19 heavy (non-hydrogen) atoms. The van der Waals surface area contributed by atoms with Gasteiger partial charge in [-0.1, -0.05) is 23.7 Å². The Morgan fingerprint density at radius 1 is 1.26 bits per heavy atom. The van der Waals surface area contributed by atoms with Crippen LogP contribution in [0.3, 0.4) is 0 Å². The van der Waals surface area contributed by atoms with E-state index >= 15 is 0 Å². The van der Waals surface area contributed by atoms with E-state index in [2.05, 4.69) is 0 Å². The fourth-order valence-electron chi connectivity index (χ4n) is 1.53. The van der Waals surface area contributed by atoms with Crippen LogP contribution in [0.5, 0.6) is 0 Å². The zero-order valence-corrected chi connectivity index (χ0v) is 10.7. The lowest BCUT2D eigenvalue weighted by Crippen LogP contribution is -2.06. The highest BCUT2D eigenvalue weighted by atomic mass is 35.5. The summed E-state index contributed by atoms with van der Waals surface area (Å²) in [5.41, 5.74) is 6.62. The minimum Gasteiger partial charge on any atom is -0.457 e. The second kappa shape index (κ2) is 5.71. The lowest BCUT2D eigenvalue weighted by atomic mass is 10.2. The zero-order valence-electron chi connectivity index (χ0n) is 9.90. The summed E-state index contributed by atoms with van der Waals surface area (Å²) < 4.78 is 18.5. The molecule has 2 aromatic rings. The van der Waals surface area contributed by atoms with Gasteiger partial charge in [-0.3, -0.25) is 0 Å². The van der Waals surface area contributed by atoms with Crippen LogP contribution in [0.15, 0.2) is 42.5 Å². The molecule has 0 spiro atoms. The number of carbonyl (C=O) groups is 1. The minimum absolute atomic E-state index is 0.156. The highest BCUT2D eigenvalue weighted by Gasteiger charge is 2.09. The first-order chi connectivity index (χ1) is 9.06. The third-order valence-electron chi connectivity index (χ3n) is 2.50. The molecule has 0 saturated carbocycles. The largest absolute Gasteiger partial charge is 0.457 e. The molecule has 0 atom stereocenters. The lowest BCUT2D eigenvalue weighted by molar-refractivity contribution is 0.0469. The van der Waals surface area contributed by atoms with E-state index in [1.807, 2.05) is 0 Å². The average molecular weight is 280 g/mol. The molecule has 0 radical (unpaired) electrons. The number of benzene rings is 2. The van der Waals surface area contributed by atoms with Gasteiger partial charge in [0.1, 0.15) is 12.4 Å². The number of nitrogens with two attached hydrogens (primary N) is 1. The molecular weight excluding hydrogens is 269 g/mol. The van der Waals surface area contributed by atoms with Gasteiger partial charge >= 0.3 is 5.97 Å². The van der Waals surface area contributed by atoms with E-state index in [0.29, 0.717) is 16.3 Å². The maximum absolute atomic E-state index is 13.5. The summed E-state index contributed by atoms with van der Waals surface area (Å²) >= 11 is 5.63. The van der Waals surface area contributed by atoms with Gasteiger partial charge in [-0.05, 0) is 30.3 Å². The van der Waals surface area contributed by atoms with E-state index in [-0.39, 0.29) is 12.2 Å². The Bertz CT molecular complexity index is 616. The number of esters is 1. The smallest absolute Gasteiger partial charge is 0.338 e. The molecule has 2 aromatic carbocycles. The summed E-state index contributed by atoms with van der Waals surface area (Å²) in [5, 5.41) is 0.295. The molecule has 0 unspecified atom stereocenters. The molecule has 0 aliphatic rings. The second-order valence-electron chi connectivity index (χ2n) is 3.94. The lowest BCUT2D eigenvalue weighted by Gasteiger charge is -2.06. The first kappa shape index (κ1) is 13.4. The van der Waals surface area contributed by atoms with E-state index in [4.69, 9.17) is 22.1 Å². The molecule has 3 nitrogen and oxygen atoms in total. The third-order valence-corrected chi connectivity index (χ3v) is 2.73. The fourth-order valence-corrected chi connectivity index (χ4v) is 1.69. The predicted molar refractivity (Wildman–Crippen MR) is 71.4 cm³/mol.